The van der Waals surface area contributed by atoms with Gasteiger partial charge in [-0.25, -0.2) is 0 Å². The SMILES string of the molecule is CC1CCC(C)N(CCC(C)(C)O)C1. The highest BCUT2D eigenvalue weighted by atomic mass is 16.3. The summed E-state index contributed by atoms with van der Waals surface area (Å²) in [5.74, 6) is 0.827. The van der Waals surface area contributed by atoms with Gasteiger partial charge in [0.05, 0.1) is 5.60 Å². The largest absolute Gasteiger partial charge is 0.390 e. The molecule has 84 valence electrons. The summed E-state index contributed by atoms with van der Waals surface area (Å²) in [5.41, 5.74) is -0.513. The maximum absolute atomic E-state index is 9.67. The summed E-state index contributed by atoms with van der Waals surface area (Å²) in [7, 11) is 0. The zero-order chi connectivity index (χ0) is 10.8. The lowest BCUT2D eigenvalue weighted by Gasteiger charge is -2.37. The molecule has 1 fully saturated rings. The first-order valence-electron chi connectivity index (χ1n) is 5.85. The number of nitrogens with zero attached hydrogens (tertiary/aromatic N) is 1. The average Bonchev–Trinajstić information content (AvgIpc) is 2.05. The van der Waals surface area contributed by atoms with Crippen molar-refractivity contribution in [3.05, 3.63) is 0 Å². The van der Waals surface area contributed by atoms with Gasteiger partial charge in [-0.05, 0) is 46.0 Å². The van der Waals surface area contributed by atoms with Crippen LogP contribution >= 0.6 is 0 Å². The van der Waals surface area contributed by atoms with Crippen LogP contribution in [0.1, 0.15) is 47.0 Å². The number of hydrogen-bond acceptors (Lipinski definition) is 2. The Kier molecular flexibility index (Phi) is 3.96. The van der Waals surface area contributed by atoms with Crippen molar-refractivity contribution in [1.29, 1.82) is 0 Å². The van der Waals surface area contributed by atoms with E-state index in [1.165, 1.54) is 19.4 Å². The van der Waals surface area contributed by atoms with Gasteiger partial charge in [-0.15, -0.1) is 0 Å². The molecule has 0 spiro atoms. The van der Waals surface area contributed by atoms with E-state index in [1.54, 1.807) is 0 Å². The molecule has 2 heteroatoms. The van der Waals surface area contributed by atoms with Crippen molar-refractivity contribution in [2.45, 2.75) is 58.6 Å². The van der Waals surface area contributed by atoms with Gasteiger partial charge in [0.2, 0.25) is 0 Å². The molecule has 1 heterocycles. The molecule has 1 aliphatic rings. The molecule has 0 saturated carbocycles. The Labute approximate surface area is 88.3 Å². The predicted octanol–water partition coefficient (Wildman–Crippen LogP) is 2.27. The first-order chi connectivity index (χ1) is 6.38. The topological polar surface area (TPSA) is 23.5 Å². The second-order valence-corrected chi connectivity index (χ2v) is 5.59. The summed E-state index contributed by atoms with van der Waals surface area (Å²) in [6, 6.07) is 0.702. The summed E-state index contributed by atoms with van der Waals surface area (Å²) < 4.78 is 0. The normalized spacial score (nSPS) is 30.6. The molecule has 0 bridgehead atoms. The van der Waals surface area contributed by atoms with E-state index in [-0.39, 0.29) is 0 Å². The predicted molar refractivity (Wildman–Crippen MR) is 60.3 cm³/mol. The fourth-order valence-corrected chi connectivity index (χ4v) is 2.11. The van der Waals surface area contributed by atoms with E-state index >= 15 is 0 Å². The molecule has 0 aromatic rings. The molecule has 1 saturated heterocycles. The summed E-state index contributed by atoms with van der Waals surface area (Å²) in [6.45, 7) is 10.7. The minimum atomic E-state index is -0.513. The number of rotatable bonds is 3. The Balaban J connectivity index is 2.35. The number of aliphatic hydroxyl groups is 1. The van der Waals surface area contributed by atoms with Gasteiger partial charge in [0.25, 0.3) is 0 Å². The van der Waals surface area contributed by atoms with Crippen LogP contribution in [0.4, 0.5) is 0 Å². The Hall–Kier alpha value is -0.0800. The molecule has 1 aliphatic heterocycles. The quantitative estimate of drug-likeness (QED) is 0.753. The van der Waals surface area contributed by atoms with Crippen LogP contribution in [0.5, 0.6) is 0 Å². The molecule has 0 aliphatic carbocycles. The van der Waals surface area contributed by atoms with E-state index in [0.717, 1.165) is 18.9 Å². The molecule has 1 rings (SSSR count). The summed E-state index contributed by atoms with van der Waals surface area (Å²) in [5, 5.41) is 9.67. The van der Waals surface area contributed by atoms with E-state index in [4.69, 9.17) is 0 Å². The monoisotopic (exact) mass is 199 g/mol. The highest BCUT2D eigenvalue weighted by Gasteiger charge is 2.24. The van der Waals surface area contributed by atoms with Crippen LogP contribution in [0.2, 0.25) is 0 Å². The van der Waals surface area contributed by atoms with E-state index < -0.39 is 5.60 Å². The van der Waals surface area contributed by atoms with Crippen molar-refractivity contribution < 1.29 is 5.11 Å². The minimum absolute atomic E-state index is 0.513. The molecule has 0 aromatic heterocycles. The third-order valence-electron chi connectivity index (χ3n) is 3.26. The number of piperidine rings is 1. The standard InChI is InChI=1S/C12H25NO/c1-10-5-6-11(2)13(9-10)8-7-12(3,4)14/h10-11,14H,5-9H2,1-4H3. The van der Waals surface area contributed by atoms with Crippen LogP contribution in [-0.2, 0) is 0 Å². The fourth-order valence-electron chi connectivity index (χ4n) is 2.11. The highest BCUT2D eigenvalue weighted by molar-refractivity contribution is 4.78. The highest BCUT2D eigenvalue weighted by Crippen LogP contribution is 2.22. The van der Waals surface area contributed by atoms with Crippen molar-refractivity contribution >= 4 is 0 Å². The van der Waals surface area contributed by atoms with Crippen molar-refractivity contribution in [3.63, 3.8) is 0 Å². The number of hydrogen-bond donors (Lipinski definition) is 1. The molecular weight excluding hydrogens is 174 g/mol. The average molecular weight is 199 g/mol. The van der Waals surface area contributed by atoms with Gasteiger partial charge in [0, 0.05) is 19.1 Å². The van der Waals surface area contributed by atoms with Crippen LogP contribution in [0.15, 0.2) is 0 Å². The molecule has 0 amide bonds. The third-order valence-corrected chi connectivity index (χ3v) is 3.26. The lowest BCUT2D eigenvalue weighted by Crippen LogP contribution is -2.43. The molecule has 2 unspecified atom stereocenters. The first kappa shape index (κ1) is 12.0. The molecule has 2 atom stereocenters. The fraction of sp³-hybridized carbons (Fsp3) is 1.00. The second-order valence-electron chi connectivity index (χ2n) is 5.59. The molecular formula is C12H25NO. The van der Waals surface area contributed by atoms with E-state index in [1.807, 2.05) is 13.8 Å². The maximum atomic E-state index is 9.67. The zero-order valence-electron chi connectivity index (χ0n) is 10.1. The molecule has 0 aromatic carbocycles. The molecule has 14 heavy (non-hydrogen) atoms. The van der Waals surface area contributed by atoms with Crippen molar-refractivity contribution in [3.8, 4) is 0 Å². The Bertz CT molecular complexity index is 174. The first-order valence-corrected chi connectivity index (χ1v) is 5.85. The smallest absolute Gasteiger partial charge is 0.0603 e. The summed E-state index contributed by atoms with van der Waals surface area (Å²) in [6.07, 6.45) is 3.55. The van der Waals surface area contributed by atoms with Crippen molar-refractivity contribution in [1.82, 2.24) is 4.90 Å². The Morgan fingerprint density at radius 2 is 1.93 bits per heavy atom. The molecule has 2 nitrogen and oxygen atoms in total. The van der Waals surface area contributed by atoms with E-state index in [0.29, 0.717) is 6.04 Å². The zero-order valence-corrected chi connectivity index (χ0v) is 10.1. The number of likely N-dealkylation sites (tertiary alicyclic amines) is 1. The van der Waals surface area contributed by atoms with Gasteiger partial charge in [0.1, 0.15) is 0 Å². The third kappa shape index (κ3) is 3.97. The lowest BCUT2D eigenvalue weighted by molar-refractivity contribution is 0.0401. The van der Waals surface area contributed by atoms with Crippen LogP contribution in [0.3, 0.4) is 0 Å². The summed E-state index contributed by atoms with van der Waals surface area (Å²) in [4.78, 5) is 2.52. The van der Waals surface area contributed by atoms with Crippen molar-refractivity contribution in [2.24, 2.45) is 5.92 Å². The lowest BCUT2D eigenvalue weighted by atomic mass is 9.94. The maximum Gasteiger partial charge on any atom is 0.0603 e. The van der Waals surface area contributed by atoms with Crippen LogP contribution < -0.4 is 0 Å². The van der Waals surface area contributed by atoms with Gasteiger partial charge < -0.3 is 10.0 Å². The summed E-state index contributed by atoms with van der Waals surface area (Å²) >= 11 is 0. The van der Waals surface area contributed by atoms with Gasteiger partial charge in [-0.3, -0.25) is 0 Å². The van der Waals surface area contributed by atoms with E-state index in [9.17, 15) is 5.11 Å². The van der Waals surface area contributed by atoms with Crippen LogP contribution in [-0.4, -0.2) is 34.7 Å². The van der Waals surface area contributed by atoms with Crippen LogP contribution in [0, 0.1) is 5.92 Å². The van der Waals surface area contributed by atoms with Gasteiger partial charge in [0.15, 0.2) is 0 Å². The second kappa shape index (κ2) is 4.63. The Morgan fingerprint density at radius 1 is 1.29 bits per heavy atom. The van der Waals surface area contributed by atoms with Crippen LogP contribution in [0.25, 0.3) is 0 Å². The van der Waals surface area contributed by atoms with Gasteiger partial charge >= 0.3 is 0 Å². The van der Waals surface area contributed by atoms with Gasteiger partial charge in [-0.1, -0.05) is 6.92 Å². The van der Waals surface area contributed by atoms with Gasteiger partial charge in [-0.2, -0.15) is 0 Å². The van der Waals surface area contributed by atoms with Crippen molar-refractivity contribution in [2.75, 3.05) is 13.1 Å². The van der Waals surface area contributed by atoms with E-state index in [2.05, 4.69) is 18.7 Å². The molecule has 1 N–H and O–H groups in total. The minimum Gasteiger partial charge on any atom is -0.390 e. The molecule has 0 radical (unpaired) electrons. The Morgan fingerprint density at radius 3 is 2.50 bits per heavy atom.